The molecular formula is C20H18N2O4S. The quantitative estimate of drug-likeness (QED) is 0.470. The number of nitro benzene ring substituents is 1. The molecule has 0 fully saturated rings. The van der Waals surface area contributed by atoms with E-state index < -0.39 is 14.9 Å². The molecule has 3 aromatic carbocycles. The molecule has 0 heterocycles. The van der Waals surface area contributed by atoms with Crippen LogP contribution in [0.3, 0.4) is 0 Å². The molecule has 0 bridgehead atoms. The molecule has 0 aromatic heterocycles. The largest absolute Gasteiger partial charge is 0.274 e. The van der Waals surface area contributed by atoms with E-state index in [-0.39, 0.29) is 17.1 Å². The zero-order valence-electron chi connectivity index (χ0n) is 14.6. The van der Waals surface area contributed by atoms with Crippen LogP contribution in [0.25, 0.3) is 0 Å². The summed E-state index contributed by atoms with van der Waals surface area (Å²) in [7, 11) is -3.91. The fraction of sp³-hybridized carbons (Fsp3) is 0.100. The Morgan fingerprint density at radius 3 is 2.26 bits per heavy atom. The van der Waals surface area contributed by atoms with Crippen molar-refractivity contribution in [2.45, 2.75) is 18.4 Å². The first-order chi connectivity index (χ1) is 12.9. The molecule has 27 heavy (non-hydrogen) atoms. The summed E-state index contributed by atoms with van der Waals surface area (Å²) in [6.45, 7) is 1.67. The van der Waals surface area contributed by atoms with E-state index in [2.05, 4.69) is 0 Å². The molecule has 0 atom stereocenters. The Kier molecular flexibility index (Phi) is 5.23. The standard InChI is InChI=1S/C20H18N2O4S/c1-16-8-7-12-19(14-16)27(25,26)21(18-10-3-2-4-11-18)15-17-9-5-6-13-20(17)22(23)24/h2-14H,15H2,1H3. The SMILES string of the molecule is Cc1cccc(S(=O)(=O)N(Cc2ccccc2[N+](=O)[O-])c2ccccc2)c1. The predicted octanol–water partition coefficient (Wildman–Crippen LogP) is 4.30. The van der Waals surface area contributed by atoms with Crippen LogP contribution >= 0.6 is 0 Å². The number of nitro groups is 1. The minimum absolute atomic E-state index is 0.113. The molecule has 0 saturated carbocycles. The van der Waals surface area contributed by atoms with Crippen LogP contribution in [0.1, 0.15) is 11.1 Å². The Hall–Kier alpha value is -3.19. The van der Waals surface area contributed by atoms with Crippen molar-refractivity contribution in [1.82, 2.24) is 0 Å². The molecule has 3 rings (SSSR count). The fourth-order valence-electron chi connectivity index (χ4n) is 2.79. The van der Waals surface area contributed by atoms with Crippen LogP contribution in [0.4, 0.5) is 11.4 Å². The van der Waals surface area contributed by atoms with Crippen LogP contribution in [-0.2, 0) is 16.6 Å². The molecule has 0 aliphatic carbocycles. The van der Waals surface area contributed by atoms with Crippen molar-refractivity contribution in [2.24, 2.45) is 0 Å². The summed E-state index contributed by atoms with van der Waals surface area (Å²) in [5, 5.41) is 11.3. The number of benzene rings is 3. The van der Waals surface area contributed by atoms with E-state index in [4.69, 9.17) is 0 Å². The van der Waals surface area contributed by atoms with Gasteiger partial charge in [-0.05, 0) is 36.8 Å². The summed E-state index contributed by atoms with van der Waals surface area (Å²) in [6, 6.07) is 21.3. The highest BCUT2D eigenvalue weighted by Crippen LogP contribution is 2.29. The Labute approximate surface area is 157 Å². The summed E-state index contributed by atoms with van der Waals surface area (Å²) in [5.41, 5.74) is 1.47. The summed E-state index contributed by atoms with van der Waals surface area (Å²) < 4.78 is 27.9. The number of nitrogens with zero attached hydrogens (tertiary/aromatic N) is 2. The van der Waals surface area contributed by atoms with Crippen molar-refractivity contribution in [3.05, 3.63) is 100 Å². The lowest BCUT2D eigenvalue weighted by Crippen LogP contribution is -2.30. The number of hydrogen-bond acceptors (Lipinski definition) is 4. The van der Waals surface area contributed by atoms with Gasteiger partial charge in [-0.15, -0.1) is 0 Å². The maximum absolute atomic E-state index is 13.3. The lowest BCUT2D eigenvalue weighted by molar-refractivity contribution is -0.385. The monoisotopic (exact) mass is 382 g/mol. The molecule has 6 nitrogen and oxygen atoms in total. The van der Waals surface area contributed by atoms with Crippen molar-refractivity contribution in [1.29, 1.82) is 0 Å². The molecule has 3 aromatic rings. The van der Waals surface area contributed by atoms with E-state index in [0.29, 0.717) is 11.3 Å². The zero-order valence-corrected chi connectivity index (χ0v) is 15.5. The number of sulfonamides is 1. The first kappa shape index (κ1) is 18.6. The fourth-order valence-corrected chi connectivity index (χ4v) is 4.34. The average Bonchev–Trinajstić information content (AvgIpc) is 2.67. The Morgan fingerprint density at radius 1 is 0.926 bits per heavy atom. The van der Waals surface area contributed by atoms with Crippen molar-refractivity contribution in [3.63, 3.8) is 0 Å². The Bertz CT molecular complexity index is 1070. The van der Waals surface area contributed by atoms with Crippen LogP contribution in [0, 0.1) is 17.0 Å². The minimum atomic E-state index is -3.91. The maximum atomic E-state index is 13.3. The van der Waals surface area contributed by atoms with Gasteiger partial charge in [-0.1, -0.05) is 48.5 Å². The summed E-state index contributed by atoms with van der Waals surface area (Å²) >= 11 is 0. The van der Waals surface area contributed by atoms with Gasteiger partial charge in [0.25, 0.3) is 15.7 Å². The summed E-state index contributed by atoms with van der Waals surface area (Å²) in [5.74, 6) is 0. The predicted molar refractivity (Wildman–Crippen MR) is 104 cm³/mol. The van der Waals surface area contributed by atoms with E-state index >= 15 is 0 Å². The second-order valence-electron chi connectivity index (χ2n) is 6.05. The normalized spacial score (nSPS) is 11.1. The van der Waals surface area contributed by atoms with Crippen molar-refractivity contribution >= 4 is 21.4 Å². The van der Waals surface area contributed by atoms with E-state index in [1.807, 2.05) is 13.0 Å². The van der Waals surface area contributed by atoms with E-state index in [9.17, 15) is 18.5 Å². The number of aryl methyl sites for hydroxylation is 1. The van der Waals surface area contributed by atoms with E-state index in [1.165, 1.54) is 16.4 Å². The zero-order chi connectivity index (χ0) is 19.4. The van der Waals surface area contributed by atoms with Gasteiger partial charge in [0.2, 0.25) is 0 Å². The summed E-state index contributed by atoms with van der Waals surface area (Å²) in [6.07, 6.45) is 0. The van der Waals surface area contributed by atoms with Crippen molar-refractivity contribution < 1.29 is 13.3 Å². The third-order valence-corrected chi connectivity index (χ3v) is 5.89. The molecule has 7 heteroatoms. The van der Waals surface area contributed by atoms with E-state index in [1.54, 1.807) is 60.7 Å². The van der Waals surface area contributed by atoms with Crippen LogP contribution in [0.15, 0.2) is 83.8 Å². The minimum Gasteiger partial charge on any atom is -0.262 e. The lowest BCUT2D eigenvalue weighted by atomic mass is 10.2. The van der Waals surface area contributed by atoms with Crippen LogP contribution in [-0.4, -0.2) is 13.3 Å². The third kappa shape index (κ3) is 3.98. The van der Waals surface area contributed by atoms with Gasteiger partial charge in [-0.3, -0.25) is 14.4 Å². The molecule has 0 N–H and O–H groups in total. The van der Waals surface area contributed by atoms with Gasteiger partial charge in [0.15, 0.2) is 0 Å². The van der Waals surface area contributed by atoms with Crippen LogP contribution in [0.2, 0.25) is 0 Å². The molecule has 0 spiro atoms. The van der Waals surface area contributed by atoms with Gasteiger partial charge in [0.05, 0.1) is 27.6 Å². The van der Waals surface area contributed by atoms with Gasteiger partial charge >= 0.3 is 0 Å². The Balaban J connectivity index is 2.12. The van der Waals surface area contributed by atoms with Gasteiger partial charge in [0, 0.05) is 6.07 Å². The average molecular weight is 382 g/mol. The molecule has 0 amide bonds. The van der Waals surface area contributed by atoms with Gasteiger partial charge in [0.1, 0.15) is 0 Å². The molecular weight excluding hydrogens is 364 g/mol. The molecule has 0 aliphatic heterocycles. The molecule has 0 saturated heterocycles. The molecule has 0 aliphatic rings. The van der Waals surface area contributed by atoms with Crippen molar-refractivity contribution in [3.8, 4) is 0 Å². The maximum Gasteiger partial charge on any atom is 0.274 e. The van der Waals surface area contributed by atoms with Gasteiger partial charge in [-0.2, -0.15) is 0 Å². The number of para-hydroxylation sites is 2. The highest BCUT2D eigenvalue weighted by Gasteiger charge is 2.27. The van der Waals surface area contributed by atoms with E-state index in [0.717, 1.165) is 5.56 Å². The van der Waals surface area contributed by atoms with Crippen LogP contribution < -0.4 is 4.31 Å². The van der Waals surface area contributed by atoms with Crippen molar-refractivity contribution in [2.75, 3.05) is 4.31 Å². The molecule has 0 unspecified atom stereocenters. The number of hydrogen-bond donors (Lipinski definition) is 0. The lowest BCUT2D eigenvalue weighted by Gasteiger charge is -2.24. The molecule has 0 radical (unpaired) electrons. The van der Waals surface area contributed by atoms with Gasteiger partial charge < -0.3 is 0 Å². The van der Waals surface area contributed by atoms with Gasteiger partial charge in [-0.25, -0.2) is 8.42 Å². The number of anilines is 1. The van der Waals surface area contributed by atoms with Crippen LogP contribution in [0.5, 0.6) is 0 Å². The third-order valence-electron chi connectivity index (χ3n) is 4.12. The summed E-state index contributed by atoms with van der Waals surface area (Å²) in [4.78, 5) is 11.0. The first-order valence-corrected chi connectivity index (χ1v) is 9.70. The number of rotatable bonds is 6. The smallest absolute Gasteiger partial charge is 0.262 e. The topological polar surface area (TPSA) is 80.5 Å². The Morgan fingerprint density at radius 2 is 1.59 bits per heavy atom. The first-order valence-electron chi connectivity index (χ1n) is 8.26. The highest BCUT2D eigenvalue weighted by molar-refractivity contribution is 7.92. The second-order valence-corrected chi connectivity index (χ2v) is 7.91. The highest BCUT2D eigenvalue weighted by atomic mass is 32.2. The molecule has 138 valence electrons. The second kappa shape index (κ2) is 7.59.